The van der Waals surface area contributed by atoms with Crippen molar-refractivity contribution >= 4 is 5.78 Å². The van der Waals surface area contributed by atoms with Crippen LogP contribution in [0.25, 0.3) is 0 Å². The first-order valence-electron chi connectivity index (χ1n) is 3.84. The SMILES string of the molecule is C#CCC1(O)CCC(=O)CC1. The van der Waals surface area contributed by atoms with E-state index in [-0.39, 0.29) is 5.78 Å². The molecule has 2 heteroatoms. The smallest absolute Gasteiger partial charge is 0.133 e. The van der Waals surface area contributed by atoms with Crippen LogP contribution in [-0.2, 0) is 4.79 Å². The molecule has 1 aliphatic carbocycles. The van der Waals surface area contributed by atoms with Gasteiger partial charge in [0.15, 0.2) is 0 Å². The van der Waals surface area contributed by atoms with E-state index < -0.39 is 5.60 Å². The highest BCUT2D eigenvalue weighted by Gasteiger charge is 2.31. The van der Waals surface area contributed by atoms with E-state index in [4.69, 9.17) is 6.42 Å². The Morgan fingerprint density at radius 2 is 2.09 bits per heavy atom. The molecule has 0 atom stereocenters. The summed E-state index contributed by atoms with van der Waals surface area (Å²) in [6.07, 6.45) is 7.50. The molecule has 0 heterocycles. The van der Waals surface area contributed by atoms with Crippen LogP contribution >= 0.6 is 0 Å². The van der Waals surface area contributed by atoms with Gasteiger partial charge in [0.1, 0.15) is 5.78 Å². The summed E-state index contributed by atoms with van der Waals surface area (Å²) >= 11 is 0. The second-order valence-corrected chi connectivity index (χ2v) is 3.14. The number of rotatable bonds is 1. The van der Waals surface area contributed by atoms with Crippen LogP contribution in [0.2, 0.25) is 0 Å². The van der Waals surface area contributed by atoms with E-state index in [0.717, 1.165) is 0 Å². The molecule has 0 saturated heterocycles. The van der Waals surface area contributed by atoms with E-state index >= 15 is 0 Å². The normalized spacial score (nSPS) is 22.7. The van der Waals surface area contributed by atoms with Crippen molar-refractivity contribution in [2.75, 3.05) is 0 Å². The van der Waals surface area contributed by atoms with Crippen molar-refractivity contribution in [2.45, 2.75) is 37.7 Å². The van der Waals surface area contributed by atoms with Crippen molar-refractivity contribution in [3.8, 4) is 12.3 Å². The van der Waals surface area contributed by atoms with Crippen molar-refractivity contribution in [2.24, 2.45) is 0 Å². The summed E-state index contributed by atoms with van der Waals surface area (Å²) in [5.41, 5.74) is -0.747. The fourth-order valence-corrected chi connectivity index (χ4v) is 1.36. The molecule has 1 saturated carbocycles. The zero-order valence-corrected chi connectivity index (χ0v) is 6.47. The average molecular weight is 152 g/mol. The molecule has 2 nitrogen and oxygen atoms in total. The molecule has 1 aliphatic rings. The predicted octanol–water partition coefficient (Wildman–Crippen LogP) is 0.884. The van der Waals surface area contributed by atoms with Gasteiger partial charge in [-0.2, -0.15) is 0 Å². The maximum atomic E-state index is 10.8. The van der Waals surface area contributed by atoms with Gasteiger partial charge >= 0.3 is 0 Å². The van der Waals surface area contributed by atoms with Crippen molar-refractivity contribution in [3.05, 3.63) is 0 Å². The van der Waals surface area contributed by atoms with Crippen LogP contribution in [0, 0.1) is 12.3 Å². The first-order valence-corrected chi connectivity index (χ1v) is 3.84. The number of ketones is 1. The molecule has 0 amide bonds. The summed E-state index contributed by atoms with van der Waals surface area (Å²) < 4.78 is 0. The van der Waals surface area contributed by atoms with Crippen LogP contribution in [0.15, 0.2) is 0 Å². The maximum Gasteiger partial charge on any atom is 0.133 e. The fraction of sp³-hybridized carbons (Fsp3) is 0.667. The molecule has 1 fully saturated rings. The van der Waals surface area contributed by atoms with Crippen LogP contribution < -0.4 is 0 Å². The lowest BCUT2D eigenvalue weighted by Crippen LogP contribution is -2.33. The summed E-state index contributed by atoms with van der Waals surface area (Å²) in [6, 6.07) is 0. The number of terminal acetylenes is 1. The standard InChI is InChI=1S/C9H12O2/c1-2-5-9(11)6-3-8(10)4-7-9/h1,11H,3-7H2. The minimum Gasteiger partial charge on any atom is -0.389 e. The molecule has 0 bridgehead atoms. The van der Waals surface area contributed by atoms with Crippen molar-refractivity contribution < 1.29 is 9.90 Å². The zero-order valence-electron chi connectivity index (χ0n) is 6.47. The highest BCUT2D eigenvalue weighted by atomic mass is 16.3. The molecule has 0 radical (unpaired) electrons. The summed E-state index contributed by atoms with van der Waals surface area (Å²) in [6.45, 7) is 0. The molecule has 60 valence electrons. The van der Waals surface area contributed by atoms with E-state index in [2.05, 4.69) is 5.92 Å². The highest BCUT2D eigenvalue weighted by molar-refractivity contribution is 5.79. The molecule has 1 rings (SSSR count). The summed E-state index contributed by atoms with van der Waals surface area (Å²) in [5, 5.41) is 9.69. The Labute approximate surface area is 66.6 Å². The number of hydrogen-bond donors (Lipinski definition) is 1. The Bertz CT molecular complexity index is 190. The van der Waals surface area contributed by atoms with Gasteiger partial charge in [0.05, 0.1) is 5.60 Å². The van der Waals surface area contributed by atoms with Crippen LogP contribution in [0.4, 0.5) is 0 Å². The van der Waals surface area contributed by atoms with Crippen LogP contribution in [0.5, 0.6) is 0 Å². The molecular weight excluding hydrogens is 140 g/mol. The quantitative estimate of drug-likeness (QED) is 0.566. The summed E-state index contributed by atoms with van der Waals surface area (Å²) in [7, 11) is 0. The minimum absolute atomic E-state index is 0.242. The molecule has 0 unspecified atom stereocenters. The van der Waals surface area contributed by atoms with Gasteiger partial charge in [-0.3, -0.25) is 4.79 Å². The van der Waals surface area contributed by atoms with Gasteiger partial charge in [0.2, 0.25) is 0 Å². The van der Waals surface area contributed by atoms with Crippen molar-refractivity contribution in [3.63, 3.8) is 0 Å². The molecule has 1 N–H and O–H groups in total. The molecule has 0 aromatic heterocycles. The lowest BCUT2D eigenvalue weighted by molar-refractivity contribution is -0.125. The van der Waals surface area contributed by atoms with Gasteiger partial charge in [-0.15, -0.1) is 12.3 Å². The topological polar surface area (TPSA) is 37.3 Å². The van der Waals surface area contributed by atoms with E-state index in [1.807, 2.05) is 0 Å². The van der Waals surface area contributed by atoms with Crippen LogP contribution in [0.1, 0.15) is 32.1 Å². The molecule has 0 aromatic carbocycles. The Kier molecular flexibility index (Phi) is 2.31. The molecule has 0 aliphatic heterocycles. The second kappa shape index (κ2) is 3.06. The first kappa shape index (κ1) is 8.29. The number of hydrogen-bond acceptors (Lipinski definition) is 2. The van der Waals surface area contributed by atoms with Gasteiger partial charge in [-0.25, -0.2) is 0 Å². The van der Waals surface area contributed by atoms with E-state index in [1.54, 1.807) is 0 Å². The molecule has 11 heavy (non-hydrogen) atoms. The highest BCUT2D eigenvalue weighted by Crippen LogP contribution is 2.28. The van der Waals surface area contributed by atoms with E-state index in [9.17, 15) is 9.90 Å². The van der Waals surface area contributed by atoms with Gasteiger partial charge in [-0.05, 0) is 12.8 Å². The first-order chi connectivity index (χ1) is 5.16. The molecule has 0 spiro atoms. The number of carbonyl (C=O) groups excluding carboxylic acids is 1. The average Bonchev–Trinajstić information content (AvgIpc) is 1.97. The Hall–Kier alpha value is -0.810. The third-order valence-electron chi connectivity index (χ3n) is 2.17. The van der Waals surface area contributed by atoms with Crippen molar-refractivity contribution in [1.29, 1.82) is 0 Å². The van der Waals surface area contributed by atoms with Gasteiger partial charge in [-0.1, -0.05) is 0 Å². The molecule has 0 aromatic rings. The molecular formula is C9H12O2. The third-order valence-corrected chi connectivity index (χ3v) is 2.17. The fourth-order valence-electron chi connectivity index (χ4n) is 1.36. The van der Waals surface area contributed by atoms with E-state index in [0.29, 0.717) is 32.1 Å². The zero-order chi connectivity index (χ0) is 8.32. The monoisotopic (exact) mass is 152 g/mol. The van der Waals surface area contributed by atoms with Gasteiger partial charge < -0.3 is 5.11 Å². The van der Waals surface area contributed by atoms with Gasteiger partial charge in [0.25, 0.3) is 0 Å². The summed E-state index contributed by atoms with van der Waals surface area (Å²) in [5.74, 6) is 2.67. The van der Waals surface area contributed by atoms with Gasteiger partial charge in [0, 0.05) is 19.3 Å². The minimum atomic E-state index is -0.747. The Balaban J connectivity index is 2.49. The Morgan fingerprint density at radius 1 is 1.55 bits per heavy atom. The maximum absolute atomic E-state index is 10.8. The second-order valence-electron chi connectivity index (χ2n) is 3.14. The van der Waals surface area contributed by atoms with Crippen LogP contribution in [0.3, 0.4) is 0 Å². The predicted molar refractivity (Wildman–Crippen MR) is 41.9 cm³/mol. The summed E-state index contributed by atoms with van der Waals surface area (Å²) in [4.78, 5) is 10.8. The third kappa shape index (κ3) is 2.06. The Morgan fingerprint density at radius 3 is 2.55 bits per heavy atom. The number of carbonyl (C=O) groups is 1. The number of Topliss-reactive ketones (excluding diaryl/α,β-unsaturated/α-hetero) is 1. The van der Waals surface area contributed by atoms with Crippen molar-refractivity contribution in [1.82, 2.24) is 0 Å². The van der Waals surface area contributed by atoms with Crippen LogP contribution in [-0.4, -0.2) is 16.5 Å². The van der Waals surface area contributed by atoms with E-state index in [1.165, 1.54) is 0 Å². The largest absolute Gasteiger partial charge is 0.389 e. The lowest BCUT2D eigenvalue weighted by Gasteiger charge is -2.29. The lowest BCUT2D eigenvalue weighted by atomic mass is 9.82. The number of aliphatic hydroxyl groups is 1.